The molecule has 0 bridgehead atoms. The normalized spacial score (nSPS) is 20.8. The van der Waals surface area contributed by atoms with Gasteiger partial charge in [-0.2, -0.15) is 5.10 Å². The number of pyridine rings is 1. The van der Waals surface area contributed by atoms with E-state index in [1.165, 1.54) is 12.8 Å². The highest BCUT2D eigenvalue weighted by Crippen LogP contribution is 2.45. The molecule has 1 saturated carbocycles. The molecule has 3 aromatic rings. The number of piperazine rings is 1. The number of ketones is 1. The van der Waals surface area contributed by atoms with Crippen molar-refractivity contribution in [2.24, 2.45) is 5.92 Å². The van der Waals surface area contributed by atoms with E-state index in [4.69, 9.17) is 9.47 Å². The van der Waals surface area contributed by atoms with Crippen molar-refractivity contribution in [3.05, 3.63) is 53.0 Å². The molecule has 2 aliphatic heterocycles. The molecule has 170 valence electrons. The van der Waals surface area contributed by atoms with Gasteiger partial charge in [-0.05, 0) is 49.9 Å². The molecule has 0 spiro atoms. The third kappa shape index (κ3) is 3.79. The van der Waals surface area contributed by atoms with Crippen LogP contribution >= 0.6 is 0 Å². The van der Waals surface area contributed by atoms with E-state index in [0.29, 0.717) is 35.2 Å². The van der Waals surface area contributed by atoms with Crippen molar-refractivity contribution < 1.29 is 14.3 Å². The van der Waals surface area contributed by atoms with Gasteiger partial charge in [0, 0.05) is 49.9 Å². The number of aromatic amines is 1. The number of ether oxygens (including phenoxy) is 2. The van der Waals surface area contributed by atoms with Crippen molar-refractivity contribution in [1.82, 2.24) is 25.4 Å². The molecule has 1 unspecified atom stereocenters. The summed E-state index contributed by atoms with van der Waals surface area (Å²) in [7, 11) is 0. The number of rotatable bonds is 6. The van der Waals surface area contributed by atoms with Crippen molar-refractivity contribution in [3.63, 3.8) is 0 Å². The Kier molecular flexibility index (Phi) is 5.11. The SMILES string of the molecule is CC(c1c(OCC2CC2)ccc2c1O/C(=C\c1n[nH]c3ncccc13)C2=O)N1CCNCC1. The van der Waals surface area contributed by atoms with Gasteiger partial charge in [0.25, 0.3) is 0 Å². The predicted octanol–water partition coefficient (Wildman–Crippen LogP) is 3.33. The van der Waals surface area contributed by atoms with E-state index >= 15 is 0 Å². The third-order valence-electron chi connectivity index (χ3n) is 6.76. The lowest BCUT2D eigenvalue weighted by Gasteiger charge is -2.34. The first-order valence-electron chi connectivity index (χ1n) is 11.7. The fourth-order valence-corrected chi connectivity index (χ4v) is 4.63. The van der Waals surface area contributed by atoms with Gasteiger partial charge in [-0.1, -0.05) is 0 Å². The van der Waals surface area contributed by atoms with Gasteiger partial charge in [-0.3, -0.25) is 14.8 Å². The molecule has 6 rings (SSSR count). The van der Waals surface area contributed by atoms with Crippen LogP contribution in [0.15, 0.2) is 36.2 Å². The van der Waals surface area contributed by atoms with Crippen molar-refractivity contribution in [2.75, 3.05) is 32.8 Å². The summed E-state index contributed by atoms with van der Waals surface area (Å²) in [4.78, 5) is 20.0. The van der Waals surface area contributed by atoms with Crippen LogP contribution in [-0.4, -0.2) is 58.7 Å². The lowest BCUT2D eigenvalue weighted by molar-refractivity contribution is 0.101. The number of fused-ring (bicyclic) bond motifs is 2. The molecule has 1 atom stereocenters. The minimum absolute atomic E-state index is 0.0683. The maximum absolute atomic E-state index is 13.3. The highest BCUT2D eigenvalue weighted by atomic mass is 16.5. The molecule has 1 aliphatic carbocycles. The second-order valence-corrected chi connectivity index (χ2v) is 9.02. The highest BCUT2D eigenvalue weighted by Gasteiger charge is 2.35. The summed E-state index contributed by atoms with van der Waals surface area (Å²) in [5, 5.41) is 11.5. The number of H-pyrrole nitrogens is 1. The Labute approximate surface area is 192 Å². The Morgan fingerprint density at radius 1 is 1.27 bits per heavy atom. The largest absolute Gasteiger partial charge is 0.493 e. The lowest BCUT2D eigenvalue weighted by Crippen LogP contribution is -2.44. The summed E-state index contributed by atoms with van der Waals surface area (Å²) in [5.74, 6) is 2.21. The number of allylic oxidation sites excluding steroid dienone is 1. The van der Waals surface area contributed by atoms with Gasteiger partial charge in [0.15, 0.2) is 11.4 Å². The van der Waals surface area contributed by atoms with E-state index in [2.05, 4.69) is 32.3 Å². The van der Waals surface area contributed by atoms with Crippen LogP contribution in [0.4, 0.5) is 0 Å². The Bertz CT molecular complexity index is 1240. The van der Waals surface area contributed by atoms with Crippen molar-refractivity contribution in [2.45, 2.75) is 25.8 Å². The lowest BCUT2D eigenvalue weighted by atomic mass is 9.99. The summed E-state index contributed by atoms with van der Waals surface area (Å²) in [5.41, 5.74) is 2.85. The molecule has 1 aromatic carbocycles. The van der Waals surface area contributed by atoms with E-state index in [9.17, 15) is 4.79 Å². The molecule has 3 aliphatic rings. The standard InChI is InChI=1S/C25H27N5O3/c1-15(30-11-9-26-10-12-30)22-20(32-14-16-4-5-16)7-6-18-23(31)21(33-24(18)22)13-19-17-3-2-8-27-25(17)29-28-19/h2-3,6-8,13,15-16,26H,4-5,9-12,14H2,1H3,(H,27,28,29)/b21-13-. The number of nitrogens with one attached hydrogen (secondary N) is 2. The molecule has 33 heavy (non-hydrogen) atoms. The molecule has 2 N–H and O–H groups in total. The van der Waals surface area contributed by atoms with Crippen molar-refractivity contribution in [1.29, 1.82) is 0 Å². The Hall–Kier alpha value is -3.23. The second-order valence-electron chi connectivity index (χ2n) is 9.02. The van der Waals surface area contributed by atoms with Crippen LogP contribution in [0.1, 0.15) is 47.4 Å². The fraction of sp³-hybridized carbons (Fsp3) is 0.400. The molecule has 4 heterocycles. The first-order valence-corrected chi connectivity index (χ1v) is 11.7. The minimum Gasteiger partial charge on any atom is -0.493 e. The molecule has 0 amide bonds. The molecule has 1 saturated heterocycles. The van der Waals surface area contributed by atoms with Crippen molar-refractivity contribution in [3.8, 4) is 11.5 Å². The summed E-state index contributed by atoms with van der Waals surface area (Å²) in [6.45, 7) is 6.66. The Morgan fingerprint density at radius 3 is 2.94 bits per heavy atom. The Balaban J connectivity index is 1.38. The molecule has 0 radical (unpaired) electrons. The zero-order chi connectivity index (χ0) is 22.4. The summed E-state index contributed by atoms with van der Waals surface area (Å²) in [6.07, 6.45) is 5.86. The van der Waals surface area contributed by atoms with E-state index in [1.807, 2.05) is 24.3 Å². The molecular formula is C25H27N5O3. The number of hydrogen-bond acceptors (Lipinski definition) is 7. The van der Waals surface area contributed by atoms with Crippen molar-refractivity contribution >= 4 is 22.9 Å². The number of aromatic nitrogens is 3. The van der Waals surface area contributed by atoms with Crippen LogP contribution in [0.2, 0.25) is 0 Å². The van der Waals surface area contributed by atoms with Crippen LogP contribution < -0.4 is 14.8 Å². The van der Waals surface area contributed by atoms with Gasteiger partial charge < -0.3 is 14.8 Å². The summed E-state index contributed by atoms with van der Waals surface area (Å²) < 4.78 is 12.5. The maximum Gasteiger partial charge on any atom is 0.232 e. The smallest absolute Gasteiger partial charge is 0.232 e. The summed E-state index contributed by atoms with van der Waals surface area (Å²) in [6, 6.07) is 7.61. The maximum atomic E-state index is 13.3. The third-order valence-corrected chi connectivity index (χ3v) is 6.76. The van der Waals surface area contributed by atoms with Crippen LogP contribution in [-0.2, 0) is 0 Å². The first kappa shape index (κ1) is 20.4. The van der Waals surface area contributed by atoms with Crippen LogP contribution in [0.25, 0.3) is 17.1 Å². The van der Waals surface area contributed by atoms with E-state index in [1.54, 1.807) is 12.3 Å². The highest BCUT2D eigenvalue weighted by molar-refractivity contribution is 6.15. The van der Waals surface area contributed by atoms with Gasteiger partial charge in [-0.15, -0.1) is 0 Å². The van der Waals surface area contributed by atoms with Crippen LogP contribution in [0, 0.1) is 5.92 Å². The van der Waals surface area contributed by atoms with Gasteiger partial charge in [-0.25, -0.2) is 4.98 Å². The fourth-order valence-electron chi connectivity index (χ4n) is 4.63. The molecular weight excluding hydrogens is 418 g/mol. The zero-order valence-corrected chi connectivity index (χ0v) is 18.6. The molecule has 8 heteroatoms. The monoisotopic (exact) mass is 445 g/mol. The summed E-state index contributed by atoms with van der Waals surface area (Å²) >= 11 is 0. The quantitative estimate of drug-likeness (QED) is 0.562. The Morgan fingerprint density at radius 2 is 2.12 bits per heavy atom. The predicted molar refractivity (Wildman–Crippen MR) is 124 cm³/mol. The number of carbonyl (C=O) groups is 1. The van der Waals surface area contributed by atoms with E-state index in [0.717, 1.165) is 42.9 Å². The van der Waals surface area contributed by atoms with Gasteiger partial charge in [0.1, 0.15) is 11.5 Å². The second kappa shape index (κ2) is 8.28. The number of carbonyl (C=O) groups excluding carboxylic acids is 1. The minimum atomic E-state index is -0.132. The number of hydrogen-bond donors (Lipinski definition) is 2. The van der Waals surface area contributed by atoms with Gasteiger partial charge in [0.2, 0.25) is 5.78 Å². The molecule has 2 fully saturated rings. The number of Topliss-reactive ketones (excluding diaryl/α,β-unsaturated/α-hetero) is 1. The van der Waals surface area contributed by atoms with E-state index in [-0.39, 0.29) is 17.6 Å². The average molecular weight is 446 g/mol. The van der Waals surface area contributed by atoms with E-state index < -0.39 is 0 Å². The number of benzene rings is 1. The van der Waals surface area contributed by atoms with Crippen LogP contribution in [0.3, 0.4) is 0 Å². The van der Waals surface area contributed by atoms with Gasteiger partial charge >= 0.3 is 0 Å². The number of nitrogens with zero attached hydrogens (tertiary/aromatic N) is 3. The average Bonchev–Trinajstić information content (AvgIpc) is 3.52. The first-order chi connectivity index (χ1) is 16.2. The van der Waals surface area contributed by atoms with Crippen LogP contribution in [0.5, 0.6) is 11.5 Å². The topological polar surface area (TPSA) is 92.4 Å². The molecule has 2 aromatic heterocycles. The zero-order valence-electron chi connectivity index (χ0n) is 18.6. The molecule has 8 nitrogen and oxygen atoms in total. The van der Waals surface area contributed by atoms with Gasteiger partial charge in [0.05, 0.1) is 23.4 Å².